The van der Waals surface area contributed by atoms with Crippen molar-refractivity contribution in [1.82, 2.24) is 5.32 Å². The first-order valence-corrected chi connectivity index (χ1v) is 43.5. The van der Waals surface area contributed by atoms with Crippen LogP contribution in [-0.2, 0) is 169 Å². The average molecular weight is 1710 g/mol. The molecule has 0 aliphatic carbocycles. The summed E-state index contributed by atoms with van der Waals surface area (Å²) in [5.41, 5.74) is 7.98. The topological polar surface area (TPSA) is 240 Å². The lowest BCUT2D eigenvalue weighted by atomic mass is 9.93. The molecular formula is C101H117NO23. The minimum absolute atomic E-state index is 0.0211. The van der Waals surface area contributed by atoms with Gasteiger partial charge in [-0.1, -0.05) is 273 Å². The summed E-state index contributed by atoms with van der Waals surface area (Å²) >= 11 is 0. The highest BCUT2D eigenvalue weighted by molar-refractivity contribution is 5.73. The molecule has 6 saturated heterocycles. The molecule has 125 heavy (non-hydrogen) atoms. The Kier molecular flexibility index (Phi) is 32.5. The highest BCUT2D eigenvalue weighted by atomic mass is 16.8. The second-order valence-electron chi connectivity index (χ2n) is 33.1. The summed E-state index contributed by atoms with van der Waals surface area (Å²) in [6, 6.07) is 87.2. The Morgan fingerprint density at radius 3 is 1.02 bits per heavy atom. The van der Waals surface area contributed by atoms with Gasteiger partial charge in [0.2, 0.25) is 5.91 Å². The van der Waals surface area contributed by atoms with Gasteiger partial charge in [0.1, 0.15) is 97.6 Å². The summed E-state index contributed by atoms with van der Waals surface area (Å²) < 4.78 is 152. The number of ether oxygens (including phenoxy) is 21. The largest absolute Gasteiger partial charge is 0.454 e. The van der Waals surface area contributed by atoms with E-state index >= 15 is 0 Å². The molecule has 15 rings (SSSR count). The lowest BCUT2D eigenvalue weighted by molar-refractivity contribution is -0.420. The van der Waals surface area contributed by atoms with Crippen molar-refractivity contribution in [3.05, 3.63) is 323 Å². The zero-order valence-electron chi connectivity index (χ0n) is 72.1. The standard InChI is InChI=1S/C101H117NO23/c1-65-83(106-55-72-38-20-10-21-39-72)90(110-59-76-46-28-14-29-47-76)86(68(4)115-65)121-100-96(124-97-82(102-69(5)103)89(88-81(119-97)64-114-101(7,8)125-88)122-99-95(118-70(6)104)91(111-60-77-48-30-15-31-49-77)84(66(2)116-99)107-56-73-40-22-11-23-41-73)93(85(67(3)117-100)108-57-74-42-24-12-25-43-74)123-98-94(113-62-79-52-34-17-35-53-79)92(112-61-78-50-32-16-33-51-78)87(109-58-75-44-26-13-27-45-75)80(120-98)63-105-54-71-36-18-9-19-37-71/h9-53,65-68,80-100H,54-64H2,1-8H3,(H,102,103)/t65?,66?,67?,68-,80-,81?,82?,83-,84-,85-,86?,87+,88+,89+,90-,91-,92?,93-,94?,95?,96?,97-,98+,99-,100-/m0/s1. The molecule has 0 saturated carbocycles. The van der Waals surface area contributed by atoms with E-state index in [2.05, 4.69) is 5.32 Å². The number of nitrogens with one attached hydrogen (secondary N) is 1. The molecule has 0 aromatic heterocycles. The van der Waals surface area contributed by atoms with Crippen LogP contribution in [0.4, 0.5) is 0 Å². The van der Waals surface area contributed by atoms with E-state index in [9.17, 15) is 9.59 Å². The molecule has 1 N–H and O–H groups in total. The van der Waals surface area contributed by atoms with Crippen molar-refractivity contribution >= 4 is 11.9 Å². The number of amides is 1. The Hall–Kier alpha value is -8.88. The van der Waals surface area contributed by atoms with Crippen molar-refractivity contribution in [1.29, 1.82) is 0 Å². The number of rotatable bonds is 38. The van der Waals surface area contributed by atoms with Crippen molar-refractivity contribution in [3.63, 3.8) is 0 Å². The van der Waals surface area contributed by atoms with Gasteiger partial charge in [-0.2, -0.15) is 0 Å². The Morgan fingerprint density at radius 2 is 0.624 bits per heavy atom. The number of carbonyl (C=O) groups excluding carboxylic acids is 2. The fourth-order valence-electron chi connectivity index (χ4n) is 17.1. The molecule has 0 bridgehead atoms. The van der Waals surface area contributed by atoms with Gasteiger partial charge in [0.25, 0.3) is 0 Å². The molecule has 24 nitrogen and oxygen atoms in total. The van der Waals surface area contributed by atoms with Crippen LogP contribution in [-0.4, -0.2) is 184 Å². The lowest BCUT2D eigenvalue weighted by Gasteiger charge is -2.55. The average Bonchev–Trinajstić information content (AvgIpc) is 0.748. The van der Waals surface area contributed by atoms with Gasteiger partial charge in [-0.15, -0.1) is 0 Å². The number of hydrogen-bond acceptors (Lipinski definition) is 23. The van der Waals surface area contributed by atoms with Gasteiger partial charge >= 0.3 is 5.97 Å². The van der Waals surface area contributed by atoms with E-state index < -0.39 is 171 Å². The third-order valence-corrected chi connectivity index (χ3v) is 23.2. The third kappa shape index (κ3) is 24.7. The van der Waals surface area contributed by atoms with E-state index in [1.165, 1.54) is 13.8 Å². The highest BCUT2D eigenvalue weighted by Gasteiger charge is 2.61. The summed E-state index contributed by atoms with van der Waals surface area (Å²) in [4.78, 5) is 28.6. The Bertz CT molecular complexity index is 4660. The van der Waals surface area contributed by atoms with Crippen LogP contribution in [0.25, 0.3) is 0 Å². The molecule has 6 heterocycles. The summed E-state index contributed by atoms with van der Waals surface area (Å²) in [5.74, 6) is -2.44. The molecular weight excluding hydrogens is 1600 g/mol. The number of hydrogen-bond donors (Lipinski definition) is 1. The van der Waals surface area contributed by atoms with Crippen LogP contribution in [0.5, 0.6) is 0 Å². The van der Waals surface area contributed by atoms with Gasteiger partial charge < -0.3 is 105 Å². The molecule has 0 spiro atoms. The number of fused-ring (bicyclic) bond motifs is 1. The monoisotopic (exact) mass is 1710 g/mol. The molecule has 1 amide bonds. The van der Waals surface area contributed by atoms with Gasteiger partial charge in [-0.05, 0) is 91.6 Å². The van der Waals surface area contributed by atoms with Gasteiger partial charge in [-0.3, -0.25) is 9.59 Å². The van der Waals surface area contributed by atoms with E-state index in [0.717, 1.165) is 50.1 Å². The molecule has 664 valence electrons. The van der Waals surface area contributed by atoms with Crippen LogP contribution >= 0.6 is 0 Å². The maximum atomic E-state index is 14.7. The maximum Gasteiger partial charge on any atom is 0.303 e. The SMILES string of the molecule is CC(=O)NC1[C@H](OC2[C@H](OC3[C@H](C)OC(C)[C@H](OCc4ccccc4)[C@@H]3OCc3ccccc3)OC(C)[C@H](OCc3ccccc3)[C@@H]2O[C@H]2O[C@@H](COCc3ccccc3)[C@@H](OCc3ccccc3)C(OCc3ccccc3)C2OCc2ccccc2)OC2COC(C)(C)O[C@H]2[C@@H]1O[C@@H]1OC(C)[C@H](OCc2ccccc2)[C@H](OCc2ccccc2)C1OC(C)=O. The van der Waals surface area contributed by atoms with Crippen LogP contribution in [0.1, 0.15) is 105 Å². The summed E-state index contributed by atoms with van der Waals surface area (Å²) in [6.45, 7) is 15.0. The van der Waals surface area contributed by atoms with Crippen LogP contribution < -0.4 is 5.32 Å². The van der Waals surface area contributed by atoms with Crippen LogP contribution in [0.3, 0.4) is 0 Å². The number of benzene rings is 9. The van der Waals surface area contributed by atoms with Crippen molar-refractivity contribution in [2.24, 2.45) is 0 Å². The molecule has 9 aromatic rings. The molecule has 24 heteroatoms. The summed E-state index contributed by atoms with van der Waals surface area (Å²) in [7, 11) is 0. The van der Waals surface area contributed by atoms with E-state index in [1.807, 2.05) is 301 Å². The fourth-order valence-corrected chi connectivity index (χ4v) is 17.1. The maximum absolute atomic E-state index is 14.7. The first kappa shape index (κ1) is 90.9. The number of carbonyl (C=O) groups is 2. The minimum Gasteiger partial charge on any atom is -0.454 e. The van der Waals surface area contributed by atoms with Crippen LogP contribution in [0, 0.1) is 0 Å². The Balaban J connectivity index is 0.876. The quantitative estimate of drug-likeness (QED) is 0.0354. The molecule has 6 aliphatic heterocycles. The third-order valence-electron chi connectivity index (χ3n) is 23.2. The minimum atomic E-state index is -1.60. The molecule has 0 radical (unpaired) electrons. The molecule has 9 aromatic carbocycles. The second-order valence-corrected chi connectivity index (χ2v) is 33.1. The Labute approximate surface area is 732 Å². The molecule has 10 unspecified atom stereocenters. The van der Waals surface area contributed by atoms with Gasteiger partial charge in [0.05, 0.1) is 97.1 Å². The van der Waals surface area contributed by atoms with E-state index in [-0.39, 0.29) is 72.7 Å². The van der Waals surface area contributed by atoms with Gasteiger partial charge in [0, 0.05) is 13.8 Å². The van der Waals surface area contributed by atoms with Gasteiger partial charge in [0.15, 0.2) is 37.1 Å². The second kappa shape index (κ2) is 44.7. The first-order chi connectivity index (χ1) is 61.0. The van der Waals surface area contributed by atoms with Crippen LogP contribution in [0.15, 0.2) is 273 Å². The summed E-state index contributed by atoms with van der Waals surface area (Å²) in [6.07, 6.45) is -26.2. The smallest absolute Gasteiger partial charge is 0.303 e. The highest BCUT2D eigenvalue weighted by Crippen LogP contribution is 2.44. The molecule has 6 aliphatic rings. The van der Waals surface area contributed by atoms with Crippen molar-refractivity contribution in [2.75, 3.05) is 13.2 Å². The van der Waals surface area contributed by atoms with Crippen molar-refractivity contribution < 1.29 is 109 Å². The summed E-state index contributed by atoms with van der Waals surface area (Å²) in [5, 5.41) is 3.22. The predicted molar refractivity (Wildman–Crippen MR) is 460 cm³/mol. The Morgan fingerprint density at radius 1 is 0.320 bits per heavy atom. The zero-order chi connectivity index (χ0) is 86.4. The first-order valence-electron chi connectivity index (χ1n) is 43.5. The molecule has 6 fully saturated rings. The van der Waals surface area contributed by atoms with E-state index in [0.29, 0.717) is 0 Å². The van der Waals surface area contributed by atoms with Gasteiger partial charge in [-0.25, -0.2) is 0 Å². The van der Waals surface area contributed by atoms with E-state index in [1.54, 1.807) is 13.8 Å². The van der Waals surface area contributed by atoms with Crippen molar-refractivity contribution in [2.45, 2.75) is 274 Å². The fraction of sp³-hybridized carbons (Fsp3) is 0.446. The molecule has 25 atom stereocenters. The predicted octanol–water partition coefficient (Wildman–Crippen LogP) is 14.8. The lowest BCUT2D eigenvalue weighted by Crippen LogP contribution is -2.72. The number of esters is 1. The van der Waals surface area contributed by atoms with E-state index in [4.69, 9.17) is 99.5 Å². The van der Waals surface area contributed by atoms with Crippen LogP contribution in [0.2, 0.25) is 0 Å². The van der Waals surface area contributed by atoms with Crippen molar-refractivity contribution in [3.8, 4) is 0 Å². The zero-order valence-corrected chi connectivity index (χ0v) is 72.1. The normalized spacial score (nSPS) is 30.9.